The second-order valence-corrected chi connectivity index (χ2v) is 4.48. The van der Waals surface area contributed by atoms with Crippen LogP contribution in [0.2, 0.25) is 0 Å². The SMILES string of the molecule is O=S([O-])n1nnc2cc3c(cc21)OC(F)(F)C(F)(F)O3. The first kappa shape index (κ1) is 13.1. The first-order valence-electron chi connectivity index (χ1n) is 4.84. The number of halogens is 4. The molecule has 1 aliphatic heterocycles. The smallest absolute Gasteiger partial charge is 0.507 e. The van der Waals surface area contributed by atoms with Crippen molar-refractivity contribution >= 4 is 22.3 Å². The molecule has 0 N–H and O–H groups in total. The van der Waals surface area contributed by atoms with Gasteiger partial charge in [0.1, 0.15) is 11.0 Å². The van der Waals surface area contributed by atoms with E-state index in [-0.39, 0.29) is 11.0 Å². The molecule has 1 aromatic heterocycles. The minimum Gasteiger partial charge on any atom is -0.754 e. The fourth-order valence-corrected chi connectivity index (χ4v) is 1.98. The Morgan fingerprint density at radius 3 is 2.25 bits per heavy atom. The van der Waals surface area contributed by atoms with Gasteiger partial charge in [0.2, 0.25) is 0 Å². The van der Waals surface area contributed by atoms with Gasteiger partial charge in [0.05, 0.1) is 11.3 Å². The molecular weight excluding hydrogens is 310 g/mol. The predicted octanol–water partition coefficient (Wildman–Crippen LogP) is 1.03. The van der Waals surface area contributed by atoms with Crippen LogP contribution in [0.3, 0.4) is 0 Å². The van der Waals surface area contributed by atoms with Gasteiger partial charge < -0.3 is 14.0 Å². The second kappa shape index (κ2) is 3.79. The molecule has 0 spiro atoms. The molecule has 0 radical (unpaired) electrons. The molecule has 108 valence electrons. The van der Waals surface area contributed by atoms with Crippen LogP contribution in [0.4, 0.5) is 17.6 Å². The van der Waals surface area contributed by atoms with Crippen molar-refractivity contribution in [2.45, 2.75) is 12.2 Å². The Labute approximate surface area is 109 Å². The van der Waals surface area contributed by atoms with Gasteiger partial charge in [-0.2, -0.15) is 21.6 Å². The zero-order chi connectivity index (χ0) is 14.7. The van der Waals surface area contributed by atoms with Crippen molar-refractivity contribution in [1.82, 2.24) is 14.4 Å². The van der Waals surface area contributed by atoms with Crippen molar-refractivity contribution in [2.24, 2.45) is 0 Å². The highest BCUT2D eigenvalue weighted by Gasteiger charge is 2.66. The van der Waals surface area contributed by atoms with Gasteiger partial charge in [-0.3, -0.25) is 4.21 Å². The van der Waals surface area contributed by atoms with E-state index in [1.165, 1.54) is 0 Å². The van der Waals surface area contributed by atoms with Gasteiger partial charge in [-0.15, -0.1) is 5.10 Å². The largest absolute Gasteiger partial charge is 0.754 e. The quantitative estimate of drug-likeness (QED) is 0.577. The lowest BCUT2D eigenvalue weighted by Gasteiger charge is -2.31. The molecule has 0 fully saturated rings. The summed E-state index contributed by atoms with van der Waals surface area (Å²) < 4.78 is 81.6. The van der Waals surface area contributed by atoms with Crippen LogP contribution < -0.4 is 9.47 Å². The van der Waals surface area contributed by atoms with Crippen molar-refractivity contribution in [1.29, 1.82) is 0 Å². The molecule has 0 amide bonds. The van der Waals surface area contributed by atoms with Crippen LogP contribution in [-0.2, 0) is 11.3 Å². The van der Waals surface area contributed by atoms with Crippen LogP contribution >= 0.6 is 0 Å². The molecule has 0 bridgehead atoms. The maximum atomic E-state index is 13.0. The van der Waals surface area contributed by atoms with Gasteiger partial charge in [-0.25, -0.2) is 0 Å². The molecule has 0 saturated carbocycles. The molecule has 3 rings (SSSR count). The number of hydrogen-bond donors (Lipinski definition) is 0. The van der Waals surface area contributed by atoms with E-state index in [1.54, 1.807) is 0 Å². The Bertz CT molecular complexity index is 734. The molecule has 1 atom stereocenters. The zero-order valence-electron chi connectivity index (χ0n) is 9.05. The number of aromatic nitrogens is 3. The third kappa shape index (κ3) is 1.71. The lowest BCUT2D eigenvalue weighted by Crippen LogP contribution is -2.52. The van der Waals surface area contributed by atoms with Gasteiger partial charge >= 0.3 is 12.2 Å². The number of fused-ring (bicyclic) bond motifs is 2. The third-order valence-corrected chi connectivity index (χ3v) is 2.99. The van der Waals surface area contributed by atoms with E-state index >= 15 is 0 Å². The molecule has 1 aromatic carbocycles. The molecular formula is C8H2F4N3O4S-. The standard InChI is InChI=1S/C8H3F4N3O4S/c9-7(10)8(11,12)19-6-2-4-3(1-5(6)18-7)13-14-15(4)20(16)17/h1-2H,(H,16,17)/p-1. The van der Waals surface area contributed by atoms with Gasteiger partial charge in [0.25, 0.3) is 0 Å². The number of hydrogen-bond acceptors (Lipinski definition) is 6. The van der Waals surface area contributed by atoms with Crippen LogP contribution in [0.1, 0.15) is 0 Å². The Balaban J connectivity index is 2.20. The maximum absolute atomic E-state index is 13.0. The lowest BCUT2D eigenvalue weighted by molar-refractivity contribution is -0.391. The molecule has 12 heteroatoms. The highest BCUT2D eigenvalue weighted by molar-refractivity contribution is 7.77. The maximum Gasteiger partial charge on any atom is 0.507 e. The Hall–Kier alpha value is -1.95. The van der Waals surface area contributed by atoms with Gasteiger partial charge in [0.15, 0.2) is 11.5 Å². The number of ether oxygens (including phenoxy) is 2. The second-order valence-electron chi connectivity index (χ2n) is 3.70. The van der Waals surface area contributed by atoms with Crippen molar-refractivity contribution in [3.05, 3.63) is 12.1 Å². The highest BCUT2D eigenvalue weighted by Crippen LogP contribution is 2.47. The molecule has 1 unspecified atom stereocenters. The van der Waals surface area contributed by atoms with E-state index in [0.29, 0.717) is 4.09 Å². The Morgan fingerprint density at radius 2 is 1.70 bits per heavy atom. The number of rotatable bonds is 1. The summed E-state index contributed by atoms with van der Waals surface area (Å²) in [6, 6.07) is 1.59. The monoisotopic (exact) mass is 312 g/mol. The van der Waals surface area contributed by atoms with Crippen LogP contribution in [0.5, 0.6) is 11.5 Å². The first-order valence-corrected chi connectivity index (χ1v) is 5.87. The van der Waals surface area contributed by atoms with Gasteiger partial charge in [-0.1, -0.05) is 5.21 Å². The number of alkyl halides is 4. The van der Waals surface area contributed by atoms with Crippen LogP contribution in [0.25, 0.3) is 11.0 Å². The summed E-state index contributed by atoms with van der Waals surface area (Å²) in [6.07, 6.45) is -9.74. The summed E-state index contributed by atoms with van der Waals surface area (Å²) in [6.45, 7) is 0. The molecule has 1 aliphatic rings. The molecule has 2 heterocycles. The fourth-order valence-electron chi connectivity index (χ4n) is 1.57. The average Bonchev–Trinajstić information content (AvgIpc) is 2.69. The number of benzene rings is 1. The van der Waals surface area contributed by atoms with Crippen molar-refractivity contribution in [3.8, 4) is 11.5 Å². The Morgan fingerprint density at radius 1 is 1.15 bits per heavy atom. The average molecular weight is 312 g/mol. The summed E-state index contributed by atoms with van der Waals surface area (Å²) >= 11 is -2.85. The van der Waals surface area contributed by atoms with E-state index in [4.69, 9.17) is 0 Å². The minimum absolute atomic E-state index is 0.141. The van der Waals surface area contributed by atoms with E-state index in [0.717, 1.165) is 12.1 Å². The van der Waals surface area contributed by atoms with Crippen molar-refractivity contribution < 1.29 is 35.8 Å². The minimum atomic E-state index is -4.89. The van der Waals surface area contributed by atoms with Gasteiger partial charge in [-0.05, 0) is 0 Å². The summed E-state index contributed by atoms with van der Waals surface area (Å²) in [4.78, 5) is 0. The van der Waals surface area contributed by atoms with E-state index < -0.39 is 35.0 Å². The summed E-state index contributed by atoms with van der Waals surface area (Å²) in [5, 5.41) is 6.59. The molecule has 0 saturated heterocycles. The molecule has 20 heavy (non-hydrogen) atoms. The predicted molar refractivity (Wildman–Crippen MR) is 53.0 cm³/mol. The lowest BCUT2D eigenvalue weighted by atomic mass is 10.2. The van der Waals surface area contributed by atoms with Gasteiger partial charge in [0, 0.05) is 12.1 Å². The van der Waals surface area contributed by atoms with Crippen molar-refractivity contribution in [2.75, 3.05) is 0 Å². The zero-order valence-corrected chi connectivity index (χ0v) is 9.87. The van der Waals surface area contributed by atoms with Crippen LogP contribution in [0.15, 0.2) is 12.1 Å². The van der Waals surface area contributed by atoms with Crippen molar-refractivity contribution in [3.63, 3.8) is 0 Å². The topological polar surface area (TPSA) is 89.3 Å². The van der Waals surface area contributed by atoms with E-state index in [9.17, 15) is 26.3 Å². The number of nitrogens with zero attached hydrogens (tertiary/aromatic N) is 3. The highest BCUT2D eigenvalue weighted by atomic mass is 32.2. The first-order chi connectivity index (χ1) is 9.21. The summed E-state index contributed by atoms with van der Waals surface area (Å²) in [5.41, 5.74) is -0.362. The fraction of sp³-hybridized carbons (Fsp3) is 0.250. The van der Waals surface area contributed by atoms with E-state index in [1.807, 2.05) is 0 Å². The third-order valence-electron chi connectivity index (χ3n) is 2.44. The normalized spacial score (nSPS) is 20.9. The summed E-state index contributed by atoms with van der Waals surface area (Å²) in [5.74, 6) is -1.44. The molecule has 7 nitrogen and oxygen atoms in total. The van der Waals surface area contributed by atoms with E-state index in [2.05, 4.69) is 19.8 Å². The summed E-state index contributed by atoms with van der Waals surface area (Å²) in [7, 11) is 0. The van der Waals surface area contributed by atoms with Crippen LogP contribution in [-0.4, -0.2) is 35.4 Å². The molecule has 0 aliphatic carbocycles. The Kier molecular flexibility index (Phi) is 2.47. The molecule has 2 aromatic rings. The van der Waals surface area contributed by atoms with Crippen LogP contribution in [0, 0.1) is 0 Å².